The fraction of sp³-hybridized carbons (Fsp3) is 0.235. The van der Waals surface area contributed by atoms with Crippen LogP contribution >= 0.6 is 23.2 Å². The van der Waals surface area contributed by atoms with E-state index in [2.05, 4.69) is 5.32 Å². The van der Waals surface area contributed by atoms with E-state index in [0.717, 1.165) is 22.7 Å². The first-order chi connectivity index (χ1) is 21.6. The van der Waals surface area contributed by atoms with Crippen LogP contribution in [0.1, 0.15) is 30.9 Å². The molecule has 4 aromatic carbocycles. The molecule has 11 heteroatoms. The van der Waals surface area contributed by atoms with Crippen molar-refractivity contribution >= 4 is 50.7 Å². The van der Waals surface area contributed by atoms with Crippen LogP contribution in [0.2, 0.25) is 10.0 Å². The van der Waals surface area contributed by atoms with Crippen molar-refractivity contribution in [1.82, 2.24) is 10.2 Å². The van der Waals surface area contributed by atoms with Gasteiger partial charge in [-0.2, -0.15) is 0 Å². The van der Waals surface area contributed by atoms with Crippen molar-refractivity contribution in [2.45, 2.75) is 43.7 Å². The van der Waals surface area contributed by atoms with Crippen LogP contribution < -0.4 is 9.62 Å². The highest BCUT2D eigenvalue weighted by Gasteiger charge is 2.35. The maximum Gasteiger partial charge on any atom is 0.264 e. The fourth-order valence-electron chi connectivity index (χ4n) is 4.76. The molecule has 4 rings (SSSR count). The molecule has 45 heavy (non-hydrogen) atoms. The van der Waals surface area contributed by atoms with Gasteiger partial charge >= 0.3 is 0 Å². The zero-order chi connectivity index (χ0) is 32.4. The summed E-state index contributed by atoms with van der Waals surface area (Å²) in [5, 5.41) is 3.24. The number of nitrogens with one attached hydrogen (secondary N) is 1. The number of amides is 2. The first-order valence-electron chi connectivity index (χ1n) is 14.5. The van der Waals surface area contributed by atoms with Crippen LogP contribution in [0.3, 0.4) is 0 Å². The zero-order valence-corrected chi connectivity index (χ0v) is 27.0. The van der Waals surface area contributed by atoms with Gasteiger partial charge in [0.2, 0.25) is 11.8 Å². The molecule has 0 aliphatic carbocycles. The molecule has 1 atom stereocenters. The highest BCUT2D eigenvalue weighted by atomic mass is 35.5. The topological polar surface area (TPSA) is 86.8 Å². The minimum absolute atomic E-state index is 0.0260. The van der Waals surface area contributed by atoms with Gasteiger partial charge in [0.05, 0.1) is 15.6 Å². The van der Waals surface area contributed by atoms with E-state index in [1.165, 1.54) is 59.5 Å². The lowest BCUT2D eigenvalue weighted by atomic mass is 10.0. The van der Waals surface area contributed by atoms with E-state index in [9.17, 15) is 22.4 Å². The number of sulfonamides is 1. The lowest BCUT2D eigenvalue weighted by Gasteiger charge is -2.34. The molecule has 236 valence electrons. The van der Waals surface area contributed by atoms with Crippen LogP contribution in [-0.4, -0.2) is 44.3 Å². The lowest BCUT2D eigenvalue weighted by molar-refractivity contribution is -0.140. The highest BCUT2D eigenvalue weighted by Crippen LogP contribution is 2.33. The quantitative estimate of drug-likeness (QED) is 0.148. The van der Waals surface area contributed by atoms with Crippen molar-refractivity contribution < 1.29 is 22.4 Å². The molecule has 1 N–H and O–H groups in total. The summed E-state index contributed by atoms with van der Waals surface area (Å²) >= 11 is 12.6. The second kappa shape index (κ2) is 15.9. The third-order valence-corrected chi connectivity index (χ3v) is 9.47. The van der Waals surface area contributed by atoms with E-state index in [1.54, 1.807) is 18.2 Å². The van der Waals surface area contributed by atoms with Crippen LogP contribution in [0.4, 0.5) is 10.1 Å². The predicted molar refractivity (Wildman–Crippen MR) is 176 cm³/mol. The summed E-state index contributed by atoms with van der Waals surface area (Å²) in [4.78, 5) is 29.5. The number of rotatable bonds is 14. The van der Waals surface area contributed by atoms with Crippen LogP contribution in [0.25, 0.3) is 0 Å². The third-order valence-electron chi connectivity index (χ3n) is 7.16. The van der Waals surface area contributed by atoms with Crippen molar-refractivity contribution in [2.75, 3.05) is 17.4 Å². The zero-order valence-electron chi connectivity index (χ0n) is 24.7. The number of benzene rings is 4. The molecule has 0 aliphatic heterocycles. The van der Waals surface area contributed by atoms with Crippen molar-refractivity contribution in [2.24, 2.45) is 0 Å². The third kappa shape index (κ3) is 9.06. The Labute approximate surface area is 273 Å². The van der Waals surface area contributed by atoms with E-state index >= 15 is 0 Å². The van der Waals surface area contributed by atoms with Crippen LogP contribution in [0, 0.1) is 5.82 Å². The molecule has 0 aliphatic rings. The summed E-state index contributed by atoms with van der Waals surface area (Å²) in [6.07, 6.45) is 1.77. The van der Waals surface area contributed by atoms with Crippen LogP contribution in [-0.2, 0) is 32.6 Å². The van der Waals surface area contributed by atoms with E-state index in [0.29, 0.717) is 12.1 Å². The Hall–Kier alpha value is -3.92. The number of anilines is 1. The Balaban J connectivity index is 1.80. The number of unbranched alkanes of at least 4 members (excludes halogenated alkanes) is 1. The van der Waals surface area contributed by atoms with Gasteiger partial charge in [-0.3, -0.25) is 13.9 Å². The van der Waals surface area contributed by atoms with E-state index in [4.69, 9.17) is 23.2 Å². The molecule has 2 amide bonds. The summed E-state index contributed by atoms with van der Waals surface area (Å²) in [7, 11) is -4.31. The molecule has 0 aromatic heterocycles. The number of hydrogen-bond acceptors (Lipinski definition) is 4. The van der Waals surface area contributed by atoms with Crippen LogP contribution in [0.15, 0.2) is 108 Å². The molecule has 0 saturated heterocycles. The second-order valence-electron chi connectivity index (χ2n) is 10.4. The molecule has 0 saturated carbocycles. The van der Waals surface area contributed by atoms with Gasteiger partial charge in [0, 0.05) is 24.5 Å². The fourth-order valence-corrected chi connectivity index (χ4v) is 6.78. The average molecular weight is 671 g/mol. The lowest BCUT2D eigenvalue weighted by Crippen LogP contribution is -2.53. The summed E-state index contributed by atoms with van der Waals surface area (Å²) in [5.74, 6) is -1.49. The SMILES string of the molecule is CCCCNC(=O)[C@@H](Cc1ccccc1)N(Cc1ccc(F)cc1)C(=O)CN(c1ccc(Cl)cc1Cl)S(=O)(=O)c1ccccc1. The van der Waals surface area contributed by atoms with Gasteiger partial charge in [-0.15, -0.1) is 0 Å². The molecule has 4 aromatic rings. The Kier molecular flexibility index (Phi) is 12.0. The van der Waals surface area contributed by atoms with E-state index in [1.807, 2.05) is 37.3 Å². The van der Waals surface area contributed by atoms with Crippen molar-refractivity contribution in [3.05, 3.63) is 130 Å². The van der Waals surface area contributed by atoms with Gasteiger partial charge in [0.15, 0.2) is 0 Å². The normalized spacial score (nSPS) is 11.9. The molecule has 0 spiro atoms. The van der Waals surface area contributed by atoms with Gasteiger partial charge in [0.25, 0.3) is 10.0 Å². The Morgan fingerprint density at radius 2 is 1.51 bits per heavy atom. The van der Waals surface area contributed by atoms with Crippen molar-refractivity contribution in [3.8, 4) is 0 Å². The average Bonchev–Trinajstić information content (AvgIpc) is 3.03. The minimum Gasteiger partial charge on any atom is -0.354 e. The first-order valence-corrected chi connectivity index (χ1v) is 16.7. The number of carbonyl (C=O) groups excluding carboxylic acids is 2. The maximum absolute atomic E-state index is 14.4. The molecule has 0 bridgehead atoms. The van der Waals surface area contributed by atoms with Crippen LogP contribution in [0.5, 0.6) is 0 Å². The van der Waals surface area contributed by atoms with E-state index < -0.39 is 34.3 Å². The Bertz CT molecular complexity index is 1690. The molecular formula is C34H34Cl2FN3O4S. The van der Waals surface area contributed by atoms with Gasteiger partial charge in [-0.25, -0.2) is 12.8 Å². The molecule has 0 radical (unpaired) electrons. The Morgan fingerprint density at radius 1 is 0.867 bits per heavy atom. The maximum atomic E-state index is 14.4. The summed E-state index contributed by atoms with van der Waals surface area (Å²) in [6.45, 7) is 1.66. The first kappa shape index (κ1) is 34.0. The summed E-state index contributed by atoms with van der Waals surface area (Å²) in [5.41, 5.74) is 1.41. The van der Waals surface area contributed by atoms with Crippen molar-refractivity contribution in [3.63, 3.8) is 0 Å². The number of halogens is 3. The van der Waals surface area contributed by atoms with Crippen molar-refractivity contribution in [1.29, 1.82) is 0 Å². The molecule has 7 nitrogen and oxygen atoms in total. The number of carbonyl (C=O) groups is 2. The Morgan fingerprint density at radius 3 is 2.13 bits per heavy atom. The minimum atomic E-state index is -4.31. The number of hydrogen-bond donors (Lipinski definition) is 1. The second-order valence-corrected chi connectivity index (χ2v) is 13.1. The number of nitrogens with zero attached hydrogens (tertiary/aromatic N) is 2. The van der Waals surface area contributed by atoms with Gasteiger partial charge in [0.1, 0.15) is 18.4 Å². The monoisotopic (exact) mass is 669 g/mol. The summed E-state index contributed by atoms with van der Waals surface area (Å²) in [6, 6.07) is 25.8. The molecule has 0 fully saturated rings. The smallest absolute Gasteiger partial charge is 0.264 e. The van der Waals surface area contributed by atoms with Gasteiger partial charge in [-0.1, -0.05) is 97.2 Å². The van der Waals surface area contributed by atoms with Gasteiger partial charge in [-0.05, 0) is 60.0 Å². The molecule has 0 unspecified atom stereocenters. The highest BCUT2D eigenvalue weighted by molar-refractivity contribution is 7.92. The standard InChI is InChI=1S/C34H34Cl2FN3O4S/c1-2-3-20-38-34(42)32(21-25-10-6-4-7-11-25)39(23-26-14-17-28(37)18-15-26)33(41)24-40(31-19-16-27(35)22-30(31)36)45(43,44)29-12-8-5-9-13-29/h4-19,22,32H,2-3,20-21,23-24H2,1H3,(H,38,42)/t32-/m1/s1. The predicted octanol–water partition coefficient (Wildman–Crippen LogP) is 6.88. The van der Waals surface area contributed by atoms with E-state index in [-0.39, 0.29) is 39.5 Å². The summed E-state index contributed by atoms with van der Waals surface area (Å²) < 4.78 is 42.8. The molecular weight excluding hydrogens is 636 g/mol. The molecule has 0 heterocycles. The largest absolute Gasteiger partial charge is 0.354 e. The van der Waals surface area contributed by atoms with Gasteiger partial charge < -0.3 is 10.2 Å².